The van der Waals surface area contributed by atoms with E-state index in [9.17, 15) is 9.59 Å². The number of carboxylic acid groups (broad SMARTS) is 1. The summed E-state index contributed by atoms with van der Waals surface area (Å²) in [5.41, 5.74) is -0.0631. The number of rotatable bonds is 4. The van der Waals surface area contributed by atoms with Crippen LogP contribution in [0.3, 0.4) is 0 Å². The molecule has 1 aliphatic heterocycles. The maximum absolute atomic E-state index is 11.8. The Morgan fingerprint density at radius 1 is 1.37 bits per heavy atom. The van der Waals surface area contributed by atoms with Crippen LogP contribution >= 0.6 is 0 Å². The fourth-order valence-corrected chi connectivity index (χ4v) is 1.64. The van der Waals surface area contributed by atoms with Crippen LogP contribution in [0.5, 0.6) is 5.75 Å². The zero-order chi connectivity index (χ0) is 13.7. The molecule has 7 nitrogen and oxygen atoms in total. The Morgan fingerprint density at radius 3 is 2.68 bits per heavy atom. The molecule has 2 heterocycles. The highest BCUT2D eigenvalue weighted by atomic mass is 16.5. The van der Waals surface area contributed by atoms with Crippen LogP contribution in [0.15, 0.2) is 18.3 Å². The standard InChI is InChI=1S/C12H14N2O5/c15-11(14-3-5-18-6-4-14)8-19-9-1-2-10(12(16)17)13-7-9/h1-2,7H,3-6,8H2,(H,16,17). The third kappa shape index (κ3) is 3.65. The molecule has 1 fully saturated rings. The molecule has 1 amide bonds. The topological polar surface area (TPSA) is 89.0 Å². The van der Waals surface area contributed by atoms with Crippen molar-refractivity contribution in [2.45, 2.75) is 0 Å². The number of carboxylic acids is 1. The number of aromatic carboxylic acids is 1. The van der Waals surface area contributed by atoms with Crippen molar-refractivity contribution in [1.29, 1.82) is 0 Å². The van der Waals surface area contributed by atoms with Crippen molar-refractivity contribution < 1.29 is 24.2 Å². The molecule has 0 atom stereocenters. The van der Waals surface area contributed by atoms with Crippen molar-refractivity contribution >= 4 is 11.9 Å². The van der Waals surface area contributed by atoms with Crippen LogP contribution in [0, 0.1) is 0 Å². The number of carbonyl (C=O) groups excluding carboxylic acids is 1. The van der Waals surface area contributed by atoms with Crippen LogP contribution in [0.25, 0.3) is 0 Å². The van der Waals surface area contributed by atoms with Gasteiger partial charge in [-0.1, -0.05) is 0 Å². The molecule has 1 N–H and O–H groups in total. The Morgan fingerprint density at radius 2 is 2.11 bits per heavy atom. The van der Waals surface area contributed by atoms with E-state index in [0.29, 0.717) is 32.1 Å². The number of carbonyl (C=O) groups is 2. The second-order valence-corrected chi connectivity index (χ2v) is 3.97. The normalized spacial score (nSPS) is 15.1. The first kappa shape index (κ1) is 13.3. The fourth-order valence-electron chi connectivity index (χ4n) is 1.64. The molecule has 19 heavy (non-hydrogen) atoms. The number of morpholine rings is 1. The molecule has 0 aliphatic carbocycles. The first-order valence-corrected chi connectivity index (χ1v) is 5.84. The largest absolute Gasteiger partial charge is 0.482 e. The summed E-state index contributed by atoms with van der Waals surface area (Å²) >= 11 is 0. The number of hydrogen-bond acceptors (Lipinski definition) is 5. The summed E-state index contributed by atoms with van der Waals surface area (Å²) in [7, 11) is 0. The highest BCUT2D eigenvalue weighted by molar-refractivity contribution is 5.85. The van der Waals surface area contributed by atoms with Gasteiger partial charge in [0.2, 0.25) is 0 Å². The maximum Gasteiger partial charge on any atom is 0.354 e. The Balaban J connectivity index is 1.84. The van der Waals surface area contributed by atoms with Gasteiger partial charge in [0.1, 0.15) is 11.4 Å². The molecule has 102 valence electrons. The smallest absolute Gasteiger partial charge is 0.354 e. The van der Waals surface area contributed by atoms with Crippen molar-refractivity contribution in [2.24, 2.45) is 0 Å². The number of pyridine rings is 1. The van der Waals surface area contributed by atoms with E-state index in [4.69, 9.17) is 14.6 Å². The van der Waals surface area contributed by atoms with Gasteiger partial charge in [-0.15, -0.1) is 0 Å². The molecule has 0 radical (unpaired) electrons. The van der Waals surface area contributed by atoms with E-state index in [1.54, 1.807) is 4.90 Å². The second-order valence-electron chi connectivity index (χ2n) is 3.97. The Bertz CT molecular complexity index is 454. The molecule has 0 spiro atoms. The highest BCUT2D eigenvalue weighted by Crippen LogP contribution is 2.09. The molecule has 0 saturated carbocycles. The molecular weight excluding hydrogens is 252 g/mol. The summed E-state index contributed by atoms with van der Waals surface area (Å²) in [5.74, 6) is -0.854. The van der Waals surface area contributed by atoms with Crippen LogP contribution in [0.1, 0.15) is 10.5 Å². The van der Waals surface area contributed by atoms with Crippen LogP contribution in [-0.4, -0.2) is 59.8 Å². The number of amides is 1. The lowest BCUT2D eigenvalue weighted by Gasteiger charge is -2.26. The van der Waals surface area contributed by atoms with Gasteiger partial charge in [0.15, 0.2) is 6.61 Å². The first-order valence-electron chi connectivity index (χ1n) is 5.84. The first-order chi connectivity index (χ1) is 9.16. The average molecular weight is 266 g/mol. The van der Waals surface area contributed by atoms with Gasteiger partial charge in [-0.05, 0) is 12.1 Å². The number of nitrogens with zero attached hydrogens (tertiary/aromatic N) is 2. The Kier molecular flexibility index (Phi) is 4.30. The summed E-state index contributed by atoms with van der Waals surface area (Å²) in [4.78, 5) is 27.8. The second kappa shape index (κ2) is 6.14. The van der Waals surface area contributed by atoms with Gasteiger partial charge in [0, 0.05) is 13.1 Å². The molecule has 0 bridgehead atoms. The third-order valence-corrected chi connectivity index (χ3v) is 2.68. The zero-order valence-electron chi connectivity index (χ0n) is 10.2. The van der Waals surface area contributed by atoms with E-state index in [1.165, 1.54) is 18.3 Å². The number of hydrogen-bond donors (Lipinski definition) is 1. The van der Waals surface area contributed by atoms with Gasteiger partial charge in [-0.3, -0.25) is 4.79 Å². The Labute approximate surface area is 109 Å². The van der Waals surface area contributed by atoms with Crippen LogP contribution < -0.4 is 4.74 Å². The summed E-state index contributed by atoms with van der Waals surface area (Å²) in [5, 5.41) is 8.69. The van der Waals surface area contributed by atoms with Gasteiger partial charge >= 0.3 is 5.97 Å². The molecular formula is C12H14N2O5. The van der Waals surface area contributed by atoms with Gasteiger partial charge in [0.25, 0.3) is 5.91 Å². The summed E-state index contributed by atoms with van der Waals surface area (Å²) in [6.45, 7) is 2.13. The minimum absolute atomic E-state index is 0.0631. The van der Waals surface area contributed by atoms with Gasteiger partial charge in [-0.25, -0.2) is 9.78 Å². The summed E-state index contributed by atoms with van der Waals surface area (Å²) in [6.07, 6.45) is 1.29. The molecule has 1 aromatic rings. The minimum Gasteiger partial charge on any atom is -0.482 e. The van der Waals surface area contributed by atoms with E-state index in [2.05, 4.69) is 4.98 Å². The predicted molar refractivity (Wildman–Crippen MR) is 64.1 cm³/mol. The van der Waals surface area contributed by atoms with E-state index in [-0.39, 0.29) is 18.2 Å². The maximum atomic E-state index is 11.8. The minimum atomic E-state index is -1.10. The highest BCUT2D eigenvalue weighted by Gasteiger charge is 2.17. The molecule has 0 unspecified atom stereocenters. The lowest BCUT2D eigenvalue weighted by Crippen LogP contribution is -2.42. The molecule has 1 saturated heterocycles. The van der Waals surface area contributed by atoms with Crippen molar-refractivity contribution in [3.63, 3.8) is 0 Å². The van der Waals surface area contributed by atoms with Crippen molar-refractivity contribution in [1.82, 2.24) is 9.88 Å². The zero-order valence-corrected chi connectivity index (χ0v) is 10.2. The van der Waals surface area contributed by atoms with Crippen molar-refractivity contribution in [2.75, 3.05) is 32.9 Å². The van der Waals surface area contributed by atoms with Gasteiger partial charge < -0.3 is 19.5 Å². The summed E-state index contributed by atoms with van der Waals surface area (Å²) in [6, 6.07) is 2.81. The Hall–Kier alpha value is -2.15. The van der Waals surface area contributed by atoms with Gasteiger partial charge in [-0.2, -0.15) is 0 Å². The van der Waals surface area contributed by atoms with E-state index >= 15 is 0 Å². The number of aromatic nitrogens is 1. The van der Waals surface area contributed by atoms with E-state index < -0.39 is 5.97 Å². The lowest BCUT2D eigenvalue weighted by molar-refractivity contribution is -0.137. The monoisotopic (exact) mass is 266 g/mol. The number of ether oxygens (including phenoxy) is 2. The van der Waals surface area contributed by atoms with E-state index in [0.717, 1.165) is 0 Å². The van der Waals surface area contributed by atoms with E-state index in [1.807, 2.05) is 0 Å². The van der Waals surface area contributed by atoms with Gasteiger partial charge in [0.05, 0.1) is 19.4 Å². The third-order valence-electron chi connectivity index (χ3n) is 2.68. The molecule has 1 aromatic heterocycles. The lowest BCUT2D eigenvalue weighted by atomic mass is 10.3. The summed E-state index contributed by atoms with van der Waals surface area (Å²) < 4.78 is 10.4. The van der Waals surface area contributed by atoms with Crippen LogP contribution in [-0.2, 0) is 9.53 Å². The fraction of sp³-hybridized carbons (Fsp3) is 0.417. The predicted octanol–water partition coefficient (Wildman–Crippen LogP) is 0.0174. The SMILES string of the molecule is O=C(O)c1ccc(OCC(=O)N2CCOCC2)cn1. The quantitative estimate of drug-likeness (QED) is 0.826. The molecule has 0 aromatic carbocycles. The van der Waals surface area contributed by atoms with Crippen LogP contribution in [0.2, 0.25) is 0 Å². The van der Waals surface area contributed by atoms with Crippen molar-refractivity contribution in [3.8, 4) is 5.75 Å². The molecule has 7 heteroatoms. The average Bonchev–Trinajstić information content (AvgIpc) is 2.46. The van der Waals surface area contributed by atoms with Crippen LogP contribution in [0.4, 0.5) is 0 Å². The molecule has 2 rings (SSSR count). The molecule has 1 aliphatic rings. The van der Waals surface area contributed by atoms with Crippen molar-refractivity contribution in [3.05, 3.63) is 24.0 Å².